The molecule has 1 heterocycles. The first-order valence-electron chi connectivity index (χ1n) is 7.47. The lowest BCUT2D eigenvalue weighted by atomic mass is 10.2. The second kappa shape index (κ2) is 7.97. The van der Waals surface area contributed by atoms with Gasteiger partial charge in [0.25, 0.3) is 0 Å². The third-order valence-corrected chi connectivity index (χ3v) is 3.14. The topological polar surface area (TPSA) is 41.0 Å². The Labute approximate surface area is 117 Å². The van der Waals surface area contributed by atoms with E-state index in [1.165, 1.54) is 0 Å². The Morgan fingerprint density at radius 1 is 1.16 bits per heavy atom. The summed E-state index contributed by atoms with van der Waals surface area (Å²) >= 11 is 0. The molecule has 4 nitrogen and oxygen atoms in total. The summed E-state index contributed by atoms with van der Waals surface area (Å²) in [4.78, 5) is 11.4. The lowest BCUT2D eigenvalue weighted by Gasteiger charge is -2.23. The van der Waals surface area contributed by atoms with Gasteiger partial charge in [-0.25, -0.2) is 9.97 Å². The van der Waals surface area contributed by atoms with Gasteiger partial charge in [0.2, 0.25) is 0 Å². The molecule has 1 aromatic heterocycles. The summed E-state index contributed by atoms with van der Waals surface area (Å²) in [5.74, 6) is 2.82. The molecule has 0 aliphatic heterocycles. The van der Waals surface area contributed by atoms with Crippen molar-refractivity contribution in [3.05, 3.63) is 11.9 Å². The van der Waals surface area contributed by atoms with Crippen LogP contribution < -0.4 is 10.2 Å². The van der Waals surface area contributed by atoms with Crippen LogP contribution in [0, 0.1) is 6.92 Å². The molecule has 0 fully saturated rings. The molecule has 1 unspecified atom stereocenters. The Morgan fingerprint density at radius 3 is 2.32 bits per heavy atom. The second-order valence-corrected chi connectivity index (χ2v) is 5.10. The van der Waals surface area contributed by atoms with Crippen LogP contribution in [0.25, 0.3) is 0 Å². The first-order valence-corrected chi connectivity index (χ1v) is 7.47. The predicted octanol–water partition coefficient (Wildman–Crippen LogP) is 3.62. The number of anilines is 2. The minimum atomic E-state index is 0.438. The highest BCUT2D eigenvalue weighted by Gasteiger charge is 2.10. The van der Waals surface area contributed by atoms with E-state index in [0.717, 1.165) is 49.8 Å². The maximum atomic E-state index is 4.58. The molecule has 1 rings (SSSR count). The average Bonchev–Trinajstić information content (AvgIpc) is 2.37. The van der Waals surface area contributed by atoms with Crippen LogP contribution in [0.1, 0.15) is 52.8 Å². The van der Waals surface area contributed by atoms with Crippen molar-refractivity contribution in [2.75, 3.05) is 23.3 Å². The molecule has 0 saturated heterocycles. The molecular formula is C15H28N4. The summed E-state index contributed by atoms with van der Waals surface area (Å²) in [6.45, 7) is 12.8. The van der Waals surface area contributed by atoms with Gasteiger partial charge in [-0.15, -0.1) is 0 Å². The van der Waals surface area contributed by atoms with Crippen LogP contribution in [0.15, 0.2) is 6.07 Å². The Morgan fingerprint density at radius 2 is 1.79 bits per heavy atom. The lowest BCUT2D eigenvalue weighted by molar-refractivity contribution is 0.726. The Hall–Kier alpha value is -1.32. The van der Waals surface area contributed by atoms with Crippen LogP contribution >= 0.6 is 0 Å². The second-order valence-electron chi connectivity index (χ2n) is 5.10. The summed E-state index contributed by atoms with van der Waals surface area (Å²) in [5.41, 5.74) is 0. The van der Waals surface area contributed by atoms with Gasteiger partial charge in [0.15, 0.2) is 0 Å². The number of aryl methyl sites for hydroxylation is 1. The summed E-state index contributed by atoms with van der Waals surface area (Å²) in [7, 11) is 0. The van der Waals surface area contributed by atoms with Gasteiger partial charge >= 0.3 is 0 Å². The maximum Gasteiger partial charge on any atom is 0.134 e. The summed E-state index contributed by atoms with van der Waals surface area (Å²) < 4.78 is 0. The Kier molecular flexibility index (Phi) is 6.60. The molecule has 19 heavy (non-hydrogen) atoms. The molecule has 1 atom stereocenters. The van der Waals surface area contributed by atoms with Gasteiger partial charge in [-0.05, 0) is 33.1 Å². The summed E-state index contributed by atoms with van der Waals surface area (Å²) in [5, 5.41) is 3.43. The molecule has 0 radical (unpaired) electrons. The van der Waals surface area contributed by atoms with Crippen molar-refractivity contribution in [3.63, 3.8) is 0 Å². The monoisotopic (exact) mass is 264 g/mol. The number of nitrogens with zero attached hydrogens (tertiary/aromatic N) is 3. The summed E-state index contributed by atoms with van der Waals surface area (Å²) in [6, 6.07) is 2.51. The molecule has 4 heteroatoms. The van der Waals surface area contributed by atoms with Gasteiger partial charge in [-0.3, -0.25) is 0 Å². The van der Waals surface area contributed by atoms with E-state index >= 15 is 0 Å². The van der Waals surface area contributed by atoms with Crippen LogP contribution in [0.2, 0.25) is 0 Å². The molecule has 0 bridgehead atoms. The van der Waals surface area contributed by atoms with E-state index < -0.39 is 0 Å². The van der Waals surface area contributed by atoms with Gasteiger partial charge < -0.3 is 10.2 Å². The van der Waals surface area contributed by atoms with E-state index in [1.54, 1.807) is 0 Å². The number of hydrogen-bond acceptors (Lipinski definition) is 4. The standard InChI is InChI=1S/C15H28N4/c1-6-9-19(10-7-2)15-11-14(16-12(4)8-3)17-13(5)18-15/h11-12H,6-10H2,1-5H3,(H,16,17,18). The van der Waals surface area contributed by atoms with E-state index in [2.05, 4.69) is 53.9 Å². The van der Waals surface area contributed by atoms with Gasteiger partial charge in [0.1, 0.15) is 17.5 Å². The Bertz CT molecular complexity index is 372. The molecule has 0 aliphatic rings. The number of aromatic nitrogens is 2. The van der Waals surface area contributed by atoms with Crippen LogP contribution in [-0.2, 0) is 0 Å². The molecule has 108 valence electrons. The zero-order valence-electron chi connectivity index (χ0n) is 13.0. The van der Waals surface area contributed by atoms with Crippen molar-refractivity contribution in [3.8, 4) is 0 Å². The zero-order chi connectivity index (χ0) is 14.3. The van der Waals surface area contributed by atoms with Crippen molar-refractivity contribution in [2.24, 2.45) is 0 Å². The van der Waals surface area contributed by atoms with Gasteiger partial charge in [-0.1, -0.05) is 20.8 Å². The highest BCUT2D eigenvalue weighted by atomic mass is 15.2. The third-order valence-electron chi connectivity index (χ3n) is 3.14. The van der Waals surface area contributed by atoms with Crippen molar-refractivity contribution < 1.29 is 0 Å². The largest absolute Gasteiger partial charge is 0.367 e. The first-order chi connectivity index (χ1) is 9.10. The maximum absolute atomic E-state index is 4.58. The molecule has 0 saturated carbocycles. The van der Waals surface area contributed by atoms with Crippen LogP contribution in [0.3, 0.4) is 0 Å². The molecule has 0 amide bonds. The van der Waals surface area contributed by atoms with Crippen LogP contribution in [0.4, 0.5) is 11.6 Å². The number of rotatable bonds is 8. The normalized spacial score (nSPS) is 12.3. The fourth-order valence-electron chi connectivity index (χ4n) is 2.02. The van der Waals surface area contributed by atoms with Crippen molar-refractivity contribution >= 4 is 11.6 Å². The van der Waals surface area contributed by atoms with Crippen LogP contribution in [0.5, 0.6) is 0 Å². The van der Waals surface area contributed by atoms with Gasteiger partial charge in [0.05, 0.1) is 0 Å². The predicted molar refractivity (Wildman–Crippen MR) is 82.9 cm³/mol. The highest BCUT2D eigenvalue weighted by Crippen LogP contribution is 2.17. The minimum Gasteiger partial charge on any atom is -0.367 e. The number of hydrogen-bond donors (Lipinski definition) is 1. The van der Waals surface area contributed by atoms with Crippen molar-refractivity contribution in [2.45, 2.75) is 59.9 Å². The van der Waals surface area contributed by atoms with E-state index in [4.69, 9.17) is 0 Å². The van der Waals surface area contributed by atoms with Crippen LogP contribution in [-0.4, -0.2) is 29.1 Å². The van der Waals surface area contributed by atoms with E-state index in [0.29, 0.717) is 6.04 Å². The molecule has 1 N–H and O–H groups in total. The smallest absolute Gasteiger partial charge is 0.134 e. The lowest BCUT2D eigenvalue weighted by Crippen LogP contribution is -2.26. The van der Waals surface area contributed by atoms with Gasteiger partial charge in [0, 0.05) is 25.2 Å². The number of nitrogens with one attached hydrogen (secondary N) is 1. The van der Waals surface area contributed by atoms with Crippen molar-refractivity contribution in [1.82, 2.24) is 9.97 Å². The molecular weight excluding hydrogens is 236 g/mol. The Balaban J connectivity index is 2.92. The minimum absolute atomic E-state index is 0.438. The van der Waals surface area contributed by atoms with Gasteiger partial charge in [-0.2, -0.15) is 0 Å². The van der Waals surface area contributed by atoms with E-state index in [-0.39, 0.29) is 0 Å². The van der Waals surface area contributed by atoms with Crippen molar-refractivity contribution in [1.29, 1.82) is 0 Å². The third kappa shape index (κ3) is 5.05. The molecule has 0 spiro atoms. The van der Waals surface area contributed by atoms with E-state index in [9.17, 15) is 0 Å². The van der Waals surface area contributed by atoms with E-state index in [1.807, 2.05) is 6.92 Å². The molecule has 1 aromatic rings. The fourth-order valence-corrected chi connectivity index (χ4v) is 2.02. The average molecular weight is 264 g/mol. The quantitative estimate of drug-likeness (QED) is 0.778. The fraction of sp³-hybridized carbons (Fsp3) is 0.733. The molecule has 0 aliphatic carbocycles. The zero-order valence-corrected chi connectivity index (χ0v) is 13.0. The first kappa shape index (κ1) is 15.7. The molecule has 0 aromatic carbocycles. The SMILES string of the molecule is CCCN(CCC)c1cc(NC(C)CC)nc(C)n1. The summed E-state index contributed by atoms with van der Waals surface area (Å²) in [6.07, 6.45) is 3.36. The highest BCUT2D eigenvalue weighted by molar-refractivity contribution is 5.49.